The van der Waals surface area contributed by atoms with Crippen LogP contribution in [0.1, 0.15) is 17.4 Å². The average molecular weight is 301 g/mol. The lowest BCUT2D eigenvalue weighted by Crippen LogP contribution is -2.37. The SMILES string of the molecule is CCOC(=O)c1[nH]c(-c2ccccc2)nc1N1CCOCC1. The predicted octanol–water partition coefficient (Wildman–Crippen LogP) is 2.09. The molecule has 0 amide bonds. The molecule has 1 N–H and O–H groups in total. The Labute approximate surface area is 129 Å². The quantitative estimate of drug-likeness (QED) is 0.876. The van der Waals surface area contributed by atoms with Crippen LogP contribution in [0.3, 0.4) is 0 Å². The molecule has 6 nitrogen and oxygen atoms in total. The van der Waals surface area contributed by atoms with Crippen LogP contribution in [0.25, 0.3) is 11.4 Å². The number of aromatic nitrogens is 2. The van der Waals surface area contributed by atoms with E-state index in [1.54, 1.807) is 6.92 Å². The Morgan fingerprint density at radius 2 is 2.05 bits per heavy atom. The Morgan fingerprint density at radius 1 is 1.32 bits per heavy atom. The van der Waals surface area contributed by atoms with Gasteiger partial charge in [-0.05, 0) is 6.92 Å². The fourth-order valence-electron chi connectivity index (χ4n) is 2.45. The van der Waals surface area contributed by atoms with Gasteiger partial charge in [-0.15, -0.1) is 0 Å². The van der Waals surface area contributed by atoms with Crippen molar-refractivity contribution in [1.82, 2.24) is 9.97 Å². The van der Waals surface area contributed by atoms with E-state index in [0.717, 1.165) is 5.56 Å². The number of hydrogen-bond acceptors (Lipinski definition) is 5. The molecule has 1 aromatic heterocycles. The van der Waals surface area contributed by atoms with Gasteiger partial charge in [0.25, 0.3) is 0 Å². The maximum atomic E-state index is 12.2. The number of benzene rings is 1. The molecule has 3 rings (SSSR count). The number of H-pyrrole nitrogens is 1. The number of esters is 1. The third-order valence-corrected chi connectivity index (χ3v) is 3.52. The Bertz CT molecular complexity index is 633. The Morgan fingerprint density at radius 3 is 2.73 bits per heavy atom. The Hall–Kier alpha value is -2.34. The molecule has 2 aromatic rings. The maximum absolute atomic E-state index is 12.2. The molecule has 0 saturated carbocycles. The van der Waals surface area contributed by atoms with Gasteiger partial charge in [0, 0.05) is 18.7 Å². The van der Waals surface area contributed by atoms with Crippen LogP contribution < -0.4 is 4.90 Å². The highest BCUT2D eigenvalue weighted by atomic mass is 16.5. The van der Waals surface area contributed by atoms with Crippen molar-refractivity contribution in [2.45, 2.75) is 6.92 Å². The van der Waals surface area contributed by atoms with Crippen molar-refractivity contribution in [1.29, 1.82) is 0 Å². The van der Waals surface area contributed by atoms with Crippen molar-refractivity contribution < 1.29 is 14.3 Å². The van der Waals surface area contributed by atoms with Crippen LogP contribution in [-0.2, 0) is 9.47 Å². The van der Waals surface area contributed by atoms with Crippen molar-refractivity contribution >= 4 is 11.8 Å². The zero-order valence-corrected chi connectivity index (χ0v) is 12.5. The van der Waals surface area contributed by atoms with Gasteiger partial charge < -0.3 is 19.4 Å². The second kappa shape index (κ2) is 6.62. The zero-order chi connectivity index (χ0) is 15.4. The number of imidazole rings is 1. The normalized spacial score (nSPS) is 14.9. The maximum Gasteiger partial charge on any atom is 0.358 e. The van der Waals surface area contributed by atoms with Gasteiger partial charge in [0.05, 0.1) is 19.8 Å². The Balaban J connectivity index is 1.98. The molecule has 1 fully saturated rings. The molecule has 1 saturated heterocycles. The number of anilines is 1. The molecule has 0 radical (unpaired) electrons. The third kappa shape index (κ3) is 2.96. The first kappa shape index (κ1) is 14.6. The van der Waals surface area contributed by atoms with E-state index in [1.807, 2.05) is 30.3 Å². The number of carbonyl (C=O) groups excluding carboxylic acids is 1. The van der Waals surface area contributed by atoms with E-state index in [0.29, 0.717) is 50.2 Å². The smallest absolute Gasteiger partial charge is 0.358 e. The molecule has 0 atom stereocenters. The van der Waals surface area contributed by atoms with Gasteiger partial charge in [-0.3, -0.25) is 0 Å². The van der Waals surface area contributed by atoms with Gasteiger partial charge in [0.15, 0.2) is 11.5 Å². The zero-order valence-electron chi connectivity index (χ0n) is 12.5. The molecule has 2 heterocycles. The van der Waals surface area contributed by atoms with E-state index in [-0.39, 0.29) is 5.97 Å². The van der Waals surface area contributed by atoms with Crippen LogP contribution >= 0.6 is 0 Å². The lowest BCUT2D eigenvalue weighted by Gasteiger charge is -2.27. The van der Waals surface area contributed by atoms with E-state index in [4.69, 9.17) is 9.47 Å². The van der Waals surface area contributed by atoms with Crippen LogP contribution in [0, 0.1) is 0 Å². The summed E-state index contributed by atoms with van der Waals surface area (Å²) in [4.78, 5) is 22.0. The van der Waals surface area contributed by atoms with Crippen LogP contribution in [0.2, 0.25) is 0 Å². The summed E-state index contributed by atoms with van der Waals surface area (Å²) >= 11 is 0. The van der Waals surface area contributed by atoms with Crippen LogP contribution in [0.15, 0.2) is 30.3 Å². The lowest BCUT2D eigenvalue weighted by atomic mass is 10.2. The van der Waals surface area contributed by atoms with Crippen LogP contribution in [0.5, 0.6) is 0 Å². The topological polar surface area (TPSA) is 67.5 Å². The third-order valence-electron chi connectivity index (χ3n) is 3.52. The van der Waals surface area contributed by atoms with Crippen LogP contribution in [0.4, 0.5) is 5.82 Å². The monoisotopic (exact) mass is 301 g/mol. The lowest BCUT2D eigenvalue weighted by molar-refractivity contribution is 0.0520. The number of ether oxygens (including phenoxy) is 2. The molecule has 0 spiro atoms. The minimum atomic E-state index is -0.376. The molecule has 1 aliphatic heterocycles. The van der Waals surface area contributed by atoms with Crippen molar-refractivity contribution in [2.75, 3.05) is 37.8 Å². The summed E-state index contributed by atoms with van der Waals surface area (Å²) in [6, 6.07) is 9.74. The number of carbonyl (C=O) groups is 1. The summed E-state index contributed by atoms with van der Waals surface area (Å²) in [6.45, 7) is 4.82. The molecule has 6 heteroatoms. The number of nitrogens with one attached hydrogen (secondary N) is 1. The second-order valence-electron chi connectivity index (χ2n) is 4.97. The number of rotatable bonds is 4. The molecule has 0 bridgehead atoms. The first-order chi connectivity index (χ1) is 10.8. The molecular weight excluding hydrogens is 282 g/mol. The molecular formula is C16H19N3O3. The highest BCUT2D eigenvalue weighted by molar-refractivity contribution is 5.94. The van der Waals surface area contributed by atoms with Gasteiger partial charge in [0.2, 0.25) is 0 Å². The largest absolute Gasteiger partial charge is 0.461 e. The highest BCUT2D eigenvalue weighted by Gasteiger charge is 2.24. The van der Waals surface area contributed by atoms with E-state index < -0.39 is 0 Å². The summed E-state index contributed by atoms with van der Waals surface area (Å²) in [6.07, 6.45) is 0. The van der Waals surface area contributed by atoms with Crippen LogP contribution in [-0.4, -0.2) is 48.8 Å². The van der Waals surface area contributed by atoms with Gasteiger partial charge in [-0.25, -0.2) is 9.78 Å². The van der Waals surface area contributed by atoms with E-state index in [1.165, 1.54) is 0 Å². The van der Waals surface area contributed by atoms with Gasteiger partial charge >= 0.3 is 5.97 Å². The van der Waals surface area contributed by atoms with Gasteiger partial charge in [-0.2, -0.15) is 0 Å². The molecule has 22 heavy (non-hydrogen) atoms. The summed E-state index contributed by atoms with van der Waals surface area (Å²) in [7, 11) is 0. The average Bonchev–Trinajstić information content (AvgIpc) is 3.02. The minimum absolute atomic E-state index is 0.334. The van der Waals surface area contributed by atoms with Crippen molar-refractivity contribution in [3.8, 4) is 11.4 Å². The first-order valence-electron chi connectivity index (χ1n) is 7.45. The Kier molecular flexibility index (Phi) is 4.39. The molecule has 0 unspecified atom stereocenters. The van der Waals surface area contributed by atoms with Crippen molar-refractivity contribution in [3.63, 3.8) is 0 Å². The first-order valence-corrected chi connectivity index (χ1v) is 7.45. The molecule has 1 aromatic carbocycles. The van der Waals surface area contributed by atoms with E-state index in [2.05, 4.69) is 14.9 Å². The van der Waals surface area contributed by atoms with Crippen molar-refractivity contribution in [2.24, 2.45) is 0 Å². The molecule has 1 aliphatic rings. The minimum Gasteiger partial charge on any atom is -0.461 e. The van der Waals surface area contributed by atoms with Gasteiger partial charge in [0.1, 0.15) is 5.82 Å². The van der Waals surface area contributed by atoms with Gasteiger partial charge in [-0.1, -0.05) is 30.3 Å². The standard InChI is InChI=1S/C16H19N3O3/c1-2-22-16(20)13-15(19-8-10-21-11-9-19)18-14(17-13)12-6-4-3-5-7-12/h3-7H,2,8-11H2,1H3,(H,17,18). The van der Waals surface area contributed by atoms with Crippen molar-refractivity contribution in [3.05, 3.63) is 36.0 Å². The fourth-order valence-corrected chi connectivity index (χ4v) is 2.45. The fraction of sp³-hybridized carbons (Fsp3) is 0.375. The predicted molar refractivity (Wildman–Crippen MR) is 83.0 cm³/mol. The number of nitrogens with zero attached hydrogens (tertiary/aromatic N) is 2. The highest BCUT2D eigenvalue weighted by Crippen LogP contribution is 2.25. The summed E-state index contributed by atoms with van der Waals surface area (Å²) in [5.74, 6) is 0.935. The van der Waals surface area contributed by atoms with E-state index >= 15 is 0 Å². The number of hydrogen-bond donors (Lipinski definition) is 1. The number of morpholine rings is 1. The summed E-state index contributed by atoms with van der Waals surface area (Å²) in [5.41, 5.74) is 1.34. The number of aromatic amines is 1. The molecule has 0 aliphatic carbocycles. The second-order valence-corrected chi connectivity index (χ2v) is 4.97. The summed E-state index contributed by atoms with van der Waals surface area (Å²) < 4.78 is 10.5. The summed E-state index contributed by atoms with van der Waals surface area (Å²) in [5, 5.41) is 0. The van der Waals surface area contributed by atoms with E-state index in [9.17, 15) is 4.79 Å². The molecule has 116 valence electrons.